The van der Waals surface area contributed by atoms with Crippen molar-refractivity contribution in [1.82, 2.24) is 15.1 Å². The topological polar surface area (TPSA) is 18.5 Å². The molecule has 1 aliphatic heterocycles. The molecule has 3 nitrogen and oxygen atoms in total. The van der Waals surface area contributed by atoms with Crippen LogP contribution in [0.15, 0.2) is 18.2 Å². The number of nitrogens with one attached hydrogen (secondary N) is 1. The van der Waals surface area contributed by atoms with Crippen molar-refractivity contribution in [2.24, 2.45) is 0 Å². The Kier molecular flexibility index (Phi) is 6.15. The lowest BCUT2D eigenvalue weighted by Crippen LogP contribution is -2.37. The van der Waals surface area contributed by atoms with Gasteiger partial charge in [-0.2, -0.15) is 0 Å². The molecule has 4 heteroatoms. The van der Waals surface area contributed by atoms with Crippen LogP contribution in [0.3, 0.4) is 0 Å². The summed E-state index contributed by atoms with van der Waals surface area (Å²) in [6, 6.07) is 6.08. The molecule has 1 unspecified atom stereocenters. The van der Waals surface area contributed by atoms with Crippen LogP contribution in [0.1, 0.15) is 31.4 Å². The number of rotatable bonds is 7. The molecule has 0 spiro atoms. The van der Waals surface area contributed by atoms with Crippen LogP contribution in [0.2, 0.25) is 0 Å². The molecule has 0 radical (unpaired) electrons. The number of hydrogen-bond donors (Lipinski definition) is 1. The van der Waals surface area contributed by atoms with Crippen LogP contribution in [0, 0.1) is 5.82 Å². The molecule has 1 heterocycles. The summed E-state index contributed by atoms with van der Waals surface area (Å²) in [6.45, 7) is 10.3. The monoisotopic (exact) mass is 293 g/mol. The molecule has 0 saturated carbocycles. The Morgan fingerprint density at radius 1 is 1.33 bits per heavy atom. The predicted molar refractivity (Wildman–Crippen MR) is 85.8 cm³/mol. The number of benzene rings is 1. The van der Waals surface area contributed by atoms with Crippen LogP contribution in [0.5, 0.6) is 0 Å². The van der Waals surface area contributed by atoms with Gasteiger partial charge in [0, 0.05) is 37.8 Å². The summed E-state index contributed by atoms with van der Waals surface area (Å²) in [7, 11) is 1.91. The Bertz CT molecular complexity index is 446. The molecule has 1 aromatic carbocycles. The lowest BCUT2D eigenvalue weighted by molar-refractivity contribution is 0.208. The highest BCUT2D eigenvalue weighted by atomic mass is 19.1. The Balaban J connectivity index is 1.98. The first-order valence-electron chi connectivity index (χ1n) is 8.06. The van der Waals surface area contributed by atoms with E-state index < -0.39 is 0 Å². The maximum absolute atomic E-state index is 14.0. The molecule has 0 aromatic heterocycles. The van der Waals surface area contributed by atoms with Gasteiger partial charge in [0.25, 0.3) is 0 Å². The summed E-state index contributed by atoms with van der Waals surface area (Å²) in [4.78, 5) is 4.89. The Morgan fingerprint density at radius 3 is 2.76 bits per heavy atom. The zero-order chi connectivity index (χ0) is 15.2. The third-order valence-electron chi connectivity index (χ3n) is 4.46. The van der Waals surface area contributed by atoms with Crippen molar-refractivity contribution in [3.63, 3.8) is 0 Å². The van der Waals surface area contributed by atoms with Gasteiger partial charge < -0.3 is 5.32 Å². The standard InChI is InChI=1S/C17H28FN3/c1-4-21(5-2)16-8-9-20(13-16)12-15-10-14(11-19-3)6-7-17(15)18/h6-7,10,16,19H,4-5,8-9,11-13H2,1-3H3. The zero-order valence-electron chi connectivity index (χ0n) is 13.5. The first kappa shape index (κ1) is 16.4. The summed E-state index contributed by atoms with van der Waals surface area (Å²) >= 11 is 0. The Morgan fingerprint density at radius 2 is 2.10 bits per heavy atom. The zero-order valence-corrected chi connectivity index (χ0v) is 13.5. The largest absolute Gasteiger partial charge is 0.316 e. The average molecular weight is 293 g/mol. The minimum atomic E-state index is -0.0823. The van der Waals surface area contributed by atoms with E-state index >= 15 is 0 Å². The maximum Gasteiger partial charge on any atom is 0.127 e. The van der Waals surface area contributed by atoms with E-state index in [9.17, 15) is 4.39 Å². The number of hydrogen-bond acceptors (Lipinski definition) is 3. The first-order valence-corrected chi connectivity index (χ1v) is 8.06. The van der Waals surface area contributed by atoms with E-state index in [0.29, 0.717) is 6.04 Å². The quantitative estimate of drug-likeness (QED) is 0.833. The number of halogens is 1. The molecular weight excluding hydrogens is 265 g/mol. The fourth-order valence-electron chi connectivity index (χ4n) is 3.30. The van der Waals surface area contributed by atoms with Gasteiger partial charge in [0.05, 0.1) is 0 Å². The summed E-state index contributed by atoms with van der Waals surface area (Å²) in [5.74, 6) is -0.0823. The van der Waals surface area contributed by atoms with Crippen molar-refractivity contribution < 1.29 is 4.39 Å². The van der Waals surface area contributed by atoms with Gasteiger partial charge in [-0.15, -0.1) is 0 Å². The molecule has 0 amide bonds. The molecule has 1 aromatic rings. The second-order valence-electron chi connectivity index (χ2n) is 5.85. The van der Waals surface area contributed by atoms with E-state index in [4.69, 9.17) is 0 Å². The molecule has 0 bridgehead atoms. The number of nitrogens with zero attached hydrogens (tertiary/aromatic N) is 2. The minimum absolute atomic E-state index is 0.0823. The summed E-state index contributed by atoms with van der Waals surface area (Å²) in [6.07, 6.45) is 1.19. The molecule has 1 saturated heterocycles. The fourth-order valence-corrected chi connectivity index (χ4v) is 3.30. The van der Waals surface area contributed by atoms with Crippen molar-refractivity contribution >= 4 is 0 Å². The van der Waals surface area contributed by atoms with E-state index in [-0.39, 0.29) is 5.82 Å². The van der Waals surface area contributed by atoms with Gasteiger partial charge in [-0.05, 0) is 38.2 Å². The normalized spacial score (nSPS) is 19.6. The van der Waals surface area contributed by atoms with E-state index in [2.05, 4.69) is 29.0 Å². The van der Waals surface area contributed by atoms with Gasteiger partial charge in [0.1, 0.15) is 5.82 Å². The fraction of sp³-hybridized carbons (Fsp3) is 0.647. The van der Waals surface area contributed by atoms with E-state index in [0.717, 1.165) is 50.4 Å². The average Bonchev–Trinajstić information content (AvgIpc) is 2.93. The molecular formula is C17H28FN3. The SMILES string of the molecule is CCN(CC)C1CCN(Cc2cc(CNC)ccc2F)C1. The summed E-state index contributed by atoms with van der Waals surface area (Å²) < 4.78 is 14.0. The van der Waals surface area contributed by atoms with Gasteiger partial charge in [0.2, 0.25) is 0 Å². The lowest BCUT2D eigenvalue weighted by atomic mass is 10.1. The first-order chi connectivity index (χ1) is 10.2. The molecule has 1 aliphatic rings. The second kappa shape index (κ2) is 7.87. The Labute approximate surface area is 128 Å². The summed E-state index contributed by atoms with van der Waals surface area (Å²) in [5, 5.41) is 3.12. The van der Waals surface area contributed by atoms with E-state index in [1.165, 1.54) is 6.42 Å². The van der Waals surface area contributed by atoms with Crippen LogP contribution < -0.4 is 5.32 Å². The van der Waals surface area contributed by atoms with Crippen molar-refractivity contribution in [2.75, 3.05) is 33.2 Å². The van der Waals surface area contributed by atoms with Crippen molar-refractivity contribution in [2.45, 2.75) is 39.4 Å². The maximum atomic E-state index is 14.0. The van der Waals surface area contributed by atoms with Crippen LogP contribution in [0.4, 0.5) is 4.39 Å². The van der Waals surface area contributed by atoms with Crippen LogP contribution >= 0.6 is 0 Å². The van der Waals surface area contributed by atoms with Crippen molar-refractivity contribution in [1.29, 1.82) is 0 Å². The van der Waals surface area contributed by atoms with Gasteiger partial charge in [-0.3, -0.25) is 9.80 Å². The molecule has 1 atom stereocenters. The van der Waals surface area contributed by atoms with Crippen molar-refractivity contribution in [3.8, 4) is 0 Å². The van der Waals surface area contributed by atoms with E-state index in [1.807, 2.05) is 19.2 Å². The smallest absolute Gasteiger partial charge is 0.127 e. The highest BCUT2D eigenvalue weighted by Crippen LogP contribution is 2.20. The number of likely N-dealkylation sites (tertiary alicyclic amines) is 1. The Hall–Kier alpha value is -0.970. The molecule has 1 N–H and O–H groups in total. The summed E-state index contributed by atoms with van der Waals surface area (Å²) in [5.41, 5.74) is 1.97. The van der Waals surface area contributed by atoms with Gasteiger partial charge in [-0.25, -0.2) is 4.39 Å². The highest BCUT2D eigenvalue weighted by molar-refractivity contribution is 5.25. The van der Waals surface area contributed by atoms with Crippen LogP contribution in [0.25, 0.3) is 0 Å². The van der Waals surface area contributed by atoms with Crippen LogP contribution in [-0.2, 0) is 13.1 Å². The third kappa shape index (κ3) is 4.25. The van der Waals surface area contributed by atoms with Gasteiger partial charge >= 0.3 is 0 Å². The van der Waals surface area contributed by atoms with E-state index in [1.54, 1.807) is 6.07 Å². The number of likely N-dealkylation sites (N-methyl/N-ethyl adjacent to an activating group) is 1. The minimum Gasteiger partial charge on any atom is -0.316 e. The lowest BCUT2D eigenvalue weighted by Gasteiger charge is -2.26. The molecule has 2 rings (SSSR count). The molecule has 0 aliphatic carbocycles. The molecule has 1 fully saturated rings. The highest BCUT2D eigenvalue weighted by Gasteiger charge is 2.26. The van der Waals surface area contributed by atoms with Gasteiger partial charge in [-0.1, -0.05) is 26.0 Å². The predicted octanol–water partition coefficient (Wildman–Crippen LogP) is 2.46. The van der Waals surface area contributed by atoms with Crippen molar-refractivity contribution in [3.05, 3.63) is 35.1 Å². The molecule has 118 valence electrons. The van der Waals surface area contributed by atoms with Crippen LogP contribution in [-0.4, -0.2) is 49.1 Å². The second-order valence-corrected chi connectivity index (χ2v) is 5.85. The third-order valence-corrected chi connectivity index (χ3v) is 4.46. The van der Waals surface area contributed by atoms with Gasteiger partial charge in [0.15, 0.2) is 0 Å². The molecule has 21 heavy (non-hydrogen) atoms.